The van der Waals surface area contributed by atoms with E-state index in [-0.39, 0.29) is 5.41 Å². The van der Waals surface area contributed by atoms with Crippen molar-refractivity contribution in [1.29, 1.82) is 0 Å². The highest BCUT2D eigenvalue weighted by Gasteiger charge is 2.34. The number of methoxy groups -OCH3 is 1. The number of rotatable bonds is 5. The van der Waals surface area contributed by atoms with Crippen LogP contribution in [0.25, 0.3) is 0 Å². The van der Waals surface area contributed by atoms with Gasteiger partial charge in [0, 0.05) is 11.5 Å². The van der Waals surface area contributed by atoms with Crippen LogP contribution in [-0.2, 0) is 5.41 Å². The second kappa shape index (κ2) is 5.09. The SMILES string of the molecule is COc1cc2c(cc1OCCCN)N=C(N)C2(C)C. The van der Waals surface area contributed by atoms with Crippen molar-refractivity contribution in [3.05, 3.63) is 17.7 Å². The predicted octanol–water partition coefficient (Wildman–Crippen LogP) is 1.70. The Kier molecular flexibility index (Phi) is 3.66. The van der Waals surface area contributed by atoms with Crippen molar-refractivity contribution in [2.45, 2.75) is 25.7 Å². The number of hydrogen-bond donors (Lipinski definition) is 2. The van der Waals surface area contributed by atoms with E-state index in [1.165, 1.54) is 0 Å². The van der Waals surface area contributed by atoms with E-state index in [1.807, 2.05) is 26.0 Å². The average Bonchev–Trinajstić information content (AvgIpc) is 2.59. The first-order valence-electron chi connectivity index (χ1n) is 6.40. The van der Waals surface area contributed by atoms with E-state index >= 15 is 0 Å². The van der Waals surface area contributed by atoms with Gasteiger partial charge in [0.25, 0.3) is 0 Å². The monoisotopic (exact) mass is 263 g/mol. The van der Waals surface area contributed by atoms with E-state index in [2.05, 4.69) is 4.99 Å². The summed E-state index contributed by atoms with van der Waals surface area (Å²) in [5.41, 5.74) is 13.1. The van der Waals surface area contributed by atoms with Crippen molar-refractivity contribution in [2.24, 2.45) is 16.5 Å². The van der Waals surface area contributed by atoms with Crippen LogP contribution in [0.5, 0.6) is 11.5 Å². The van der Waals surface area contributed by atoms with Crippen LogP contribution in [0.15, 0.2) is 17.1 Å². The molecule has 0 amide bonds. The number of nitrogens with two attached hydrogens (primary N) is 2. The summed E-state index contributed by atoms with van der Waals surface area (Å²) in [5.74, 6) is 2.00. The van der Waals surface area contributed by atoms with Crippen molar-refractivity contribution in [1.82, 2.24) is 0 Å². The van der Waals surface area contributed by atoms with E-state index < -0.39 is 0 Å². The molecule has 0 saturated carbocycles. The van der Waals surface area contributed by atoms with Crippen LogP contribution >= 0.6 is 0 Å². The lowest BCUT2D eigenvalue weighted by molar-refractivity contribution is 0.291. The molecule has 5 nitrogen and oxygen atoms in total. The molecule has 0 atom stereocenters. The molecule has 1 aromatic rings. The van der Waals surface area contributed by atoms with Crippen LogP contribution in [0.1, 0.15) is 25.8 Å². The Balaban J connectivity index is 2.35. The fourth-order valence-corrected chi connectivity index (χ4v) is 2.09. The summed E-state index contributed by atoms with van der Waals surface area (Å²) >= 11 is 0. The maximum Gasteiger partial charge on any atom is 0.163 e. The van der Waals surface area contributed by atoms with Crippen LogP contribution in [0, 0.1) is 0 Å². The quantitative estimate of drug-likeness (QED) is 0.792. The molecule has 0 saturated heterocycles. The second-order valence-corrected chi connectivity index (χ2v) is 5.13. The summed E-state index contributed by atoms with van der Waals surface area (Å²) in [6.45, 7) is 5.26. The number of ether oxygens (including phenoxy) is 2. The smallest absolute Gasteiger partial charge is 0.163 e. The summed E-state index contributed by atoms with van der Waals surface area (Å²) < 4.78 is 11.1. The zero-order valence-corrected chi connectivity index (χ0v) is 11.7. The minimum absolute atomic E-state index is 0.265. The lowest BCUT2D eigenvalue weighted by Gasteiger charge is -2.20. The van der Waals surface area contributed by atoms with E-state index in [9.17, 15) is 0 Å². The molecular weight excluding hydrogens is 242 g/mol. The van der Waals surface area contributed by atoms with Crippen molar-refractivity contribution < 1.29 is 9.47 Å². The van der Waals surface area contributed by atoms with E-state index in [4.69, 9.17) is 20.9 Å². The van der Waals surface area contributed by atoms with Gasteiger partial charge in [-0.25, -0.2) is 4.99 Å². The normalized spacial score (nSPS) is 15.9. The van der Waals surface area contributed by atoms with E-state index in [0.29, 0.717) is 30.5 Å². The van der Waals surface area contributed by atoms with Crippen LogP contribution in [0.4, 0.5) is 5.69 Å². The molecular formula is C14H21N3O2. The highest BCUT2D eigenvalue weighted by atomic mass is 16.5. The lowest BCUT2D eigenvalue weighted by atomic mass is 9.85. The summed E-state index contributed by atoms with van der Waals surface area (Å²) in [6, 6.07) is 3.84. The van der Waals surface area contributed by atoms with Crippen LogP contribution in [-0.4, -0.2) is 26.1 Å². The molecule has 5 heteroatoms. The maximum atomic E-state index is 5.98. The summed E-state index contributed by atoms with van der Waals surface area (Å²) in [7, 11) is 1.63. The van der Waals surface area contributed by atoms with Gasteiger partial charge < -0.3 is 20.9 Å². The summed E-state index contributed by atoms with van der Waals surface area (Å²) in [6.07, 6.45) is 0.803. The zero-order valence-electron chi connectivity index (χ0n) is 11.7. The number of fused-ring (bicyclic) bond motifs is 1. The maximum absolute atomic E-state index is 5.98. The third-order valence-electron chi connectivity index (χ3n) is 3.44. The molecule has 2 rings (SSSR count). The van der Waals surface area contributed by atoms with Gasteiger partial charge in [-0.3, -0.25) is 0 Å². The minimum Gasteiger partial charge on any atom is -0.493 e. The number of hydrogen-bond acceptors (Lipinski definition) is 5. The van der Waals surface area contributed by atoms with E-state index in [1.54, 1.807) is 7.11 Å². The molecule has 1 aliphatic rings. The van der Waals surface area contributed by atoms with Gasteiger partial charge >= 0.3 is 0 Å². The van der Waals surface area contributed by atoms with Gasteiger partial charge in [-0.15, -0.1) is 0 Å². The third kappa shape index (κ3) is 2.38. The second-order valence-electron chi connectivity index (χ2n) is 5.13. The largest absolute Gasteiger partial charge is 0.493 e. The molecule has 4 N–H and O–H groups in total. The molecule has 0 bridgehead atoms. The number of aliphatic imine (C=N–C) groups is 1. The van der Waals surface area contributed by atoms with Crippen molar-refractivity contribution in [3.8, 4) is 11.5 Å². The molecule has 104 valence electrons. The molecule has 0 fully saturated rings. The van der Waals surface area contributed by atoms with Gasteiger partial charge in [-0.2, -0.15) is 0 Å². The van der Waals surface area contributed by atoms with Crippen molar-refractivity contribution >= 4 is 11.5 Å². The van der Waals surface area contributed by atoms with Gasteiger partial charge in [0.05, 0.1) is 19.4 Å². The minimum atomic E-state index is -0.265. The molecule has 1 aliphatic heterocycles. The van der Waals surface area contributed by atoms with Crippen LogP contribution < -0.4 is 20.9 Å². The van der Waals surface area contributed by atoms with Crippen molar-refractivity contribution in [3.63, 3.8) is 0 Å². The molecule has 0 unspecified atom stereocenters. The molecule has 1 heterocycles. The molecule has 0 aliphatic carbocycles. The number of benzene rings is 1. The van der Waals surface area contributed by atoms with E-state index in [0.717, 1.165) is 17.7 Å². The lowest BCUT2D eigenvalue weighted by Crippen LogP contribution is -2.32. The van der Waals surface area contributed by atoms with Gasteiger partial charge in [-0.1, -0.05) is 0 Å². The Morgan fingerprint density at radius 2 is 2.00 bits per heavy atom. The first-order chi connectivity index (χ1) is 9.00. The highest BCUT2D eigenvalue weighted by Crippen LogP contribution is 2.44. The predicted molar refractivity (Wildman–Crippen MR) is 76.5 cm³/mol. The number of nitrogens with zero attached hydrogens (tertiary/aromatic N) is 1. The first kappa shape index (κ1) is 13.7. The van der Waals surface area contributed by atoms with Crippen LogP contribution in [0.2, 0.25) is 0 Å². The average molecular weight is 263 g/mol. The van der Waals surface area contributed by atoms with Gasteiger partial charge in [-0.05, 0) is 38.4 Å². The molecule has 19 heavy (non-hydrogen) atoms. The Bertz CT molecular complexity index is 510. The molecule has 1 aromatic carbocycles. The molecule has 0 radical (unpaired) electrons. The fourth-order valence-electron chi connectivity index (χ4n) is 2.09. The molecule has 0 spiro atoms. The van der Waals surface area contributed by atoms with Gasteiger partial charge in [0.2, 0.25) is 0 Å². The Labute approximate surface area is 113 Å². The first-order valence-corrected chi connectivity index (χ1v) is 6.40. The van der Waals surface area contributed by atoms with Gasteiger partial charge in [0.15, 0.2) is 11.5 Å². The Hall–Kier alpha value is -1.75. The summed E-state index contributed by atoms with van der Waals surface area (Å²) in [5, 5.41) is 0. The topological polar surface area (TPSA) is 82.9 Å². The standard InChI is InChI=1S/C14H21N3O2/c1-14(2)9-7-11(18-3)12(19-6-4-5-15)8-10(9)17-13(14)16/h7-8H,4-6,15H2,1-3H3,(H2,16,17). The Morgan fingerprint density at radius 3 is 2.63 bits per heavy atom. The number of amidine groups is 1. The molecule has 0 aromatic heterocycles. The highest BCUT2D eigenvalue weighted by molar-refractivity contribution is 5.98. The van der Waals surface area contributed by atoms with Gasteiger partial charge in [0.1, 0.15) is 5.84 Å². The third-order valence-corrected chi connectivity index (χ3v) is 3.44. The van der Waals surface area contributed by atoms with Crippen molar-refractivity contribution in [2.75, 3.05) is 20.3 Å². The Morgan fingerprint density at radius 1 is 1.26 bits per heavy atom. The fraction of sp³-hybridized carbons (Fsp3) is 0.500. The van der Waals surface area contributed by atoms with Crippen LogP contribution in [0.3, 0.4) is 0 Å². The zero-order chi connectivity index (χ0) is 14.0. The summed E-state index contributed by atoms with van der Waals surface area (Å²) in [4.78, 5) is 4.40.